The van der Waals surface area contributed by atoms with Crippen LogP contribution in [0.25, 0.3) is 5.69 Å². The molecule has 0 aliphatic heterocycles. The number of aryl methyl sites for hydroxylation is 1. The SMILES string of the molecule is O=C(O)c1cc(-n2nc3c(c2Cl)CCCC3)c(F)cc1Cl. The van der Waals surface area contributed by atoms with E-state index in [1.807, 2.05) is 0 Å². The monoisotopic (exact) mass is 328 g/mol. The molecular formula is C14H11Cl2FN2O2. The minimum Gasteiger partial charge on any atom is -0.478 e. The molecule has 1 aromatic heterocycles. The molecule has 0 amide bonds. The summed E-state index contributed by atoms with van der Waals surface area (Å²) in [5.74, 6) is -1.89. The highest BCUT2D eigenvalue weighted by Crippen LogP contribution is 2.32. The van der Waals surface area contributed by atoms with E-state index in [-0.39, 0.29) is 16.3 Å². The third-order valence-corrected chi connectivity index (χ3v) is 4.29. The van der Waals surface area contributed by atoms with E-state index in [1.54, 1.807) is 0 Å². The summed E-state index contributed by atoms with van der Waals surface area (Å²) in [5, 5.41) is 13.6. The molecule has 0 fully saturated rings. The molecule has 1 N–H and O–H groups in total. The number of fused-ring (bicyclic) bond motifs is 1. The molecule has 7 heteroatoms. The Balaban J connectivity index is 2.19. The van der Waals surface area contributed by atoms with Crippen molar-refractivity contribution in [3.63, 3.8) is 0 Å². The van der Waals surface area contributed by atoms with E-state index in [4.69, 9.17) is 28.3 Å². The van der Waals surface area contributed by atoms with Crippen molar-refractivity contribution in [3.05, 3.63) is 44.9 Å². The largest absolute Gasteiger partial charge is 0.478 e. The fourth-order valence-corrected chi connectivity index (χ4v) is 3.10. The zero-order valence-electron chi connectivity index (χ0n) is 10.9. The van der Waals surface area contributed by atoms with Crippen LogP contribution in [-0.2, 0) is 12.8 Å². The third-order valence-electron chi connectivity index (χ3n) is 3.59. The number of rotatable bonds is 2. The quantitative estimate of drug-likeness (QED) is 0.909. The Morgan fingerprint density at radius 2 is 2.00 bits per heavy atom. The zero-order chi connectivity index (χ0) is 15.1. The van der Waals surface area contributed by atoms with Gasteiger partial charge in [0.15, 0.2) is 0 Å². The molecule has 0 saturated carbocycles. The van der Waals surface area contributed by atoms with Crippen LogP contribution in [0.5, 0.6) is 0 Å². The highest BCUT2D eigenvalue weighted by atomic mass is 35.5. The molecule has 0 spiro atoms. The molecule has 4 nitrogen and oxygen atoms in total. The van der Waals surface area contributed by atoms with Gasteiger partial charge in [-0.05, 0) is 37.8 Å². The van der Waals surface area contributed by atoms with Gasteiger partial charge in [-0.2, -0.15) is 5.10 Å². The van der Waals surface area contributed by atoms with Gasteiger partial charge in [0.2, 0.25) is 0 Å². The summed E-state index contributed by atoms with van der Waals surface area (Å²) in [6, 6.07) is 2.13. The first-order chi connectivity index (χ1) is 9.99. The lowest BCUT2D eigenvalue weighted by molar-refractivity contribution is 0.0697. The van der Waals surface area contributed by atoms with Gasteiger partial charge in [-0.25, -0.2) is 13.9 Å². The number of hydrogen-bond donors (Lipinski definition) is 1. The number of halogens is 3. The Morgan fingerprint density at radius 3 is 2.67 bits per heavy atom. The number of benzene rings is 1. The standard InChI is InChI=1S/C14H11Cl2FN2O2/c15-9-6-10(17)12(5-8(9)14(20)21)19-13(16)7-3-1-2-4-11(7)18-19/h5-6H,1-4H2,(H,20,21). The van der Waals surface area contributed by atoms with Crippen molar-refractivity contribution < 1.29 is 14.3 Å². The molecule has 3 rings (SSSR count). The number of carboxylic acids is 1. The molecule has 1 aliphatic rings. The number of carbonyl (C=O) groups is 1. The first-order valence-corrected chi connectivity index (χ1v) is 7.23. The molecule has 1 aliphatic carbocycles. The van der Waals surface area contributed by atoms with Gasteiger partial charge >= 0.3 is 5.97 Å². The van der Waals surface area contributed by atoms with Crippen molar-refractivity contribution in [2.24, 2.45) is 0 Å². The highest BCUT2D eigenvalue weighted by molar-refractivity contribution is 6.33. The average molecular weight is 329 g/mol. The number of carboxylic acid groups (broad SMARTS) is 1. The molecule has 0 atom stereocenters. The number of hydrogen-bond acceptors (Lipinski definition) is 2. The molecule has 110 valence electrons. The van der Waals surface area contributed by atoms with Crippen LogP contribution >= 0.6 is 23.2 Å². The van der Waals surface area contributed by atoms with Crippen molar-refractivity contribution in [2.75, 3.05) is 0 Å². The second-order valence-electron chi connectivity index (χ2n) is 4.92. The van der Waals surface area contributed by atoms with Crippen molar-refractivity contribution >= 4 is 29.2 Å². The Morgan fingerprint density at radius 1 is 1.29 bits per heavy atom. The zero-order valence-corrected chi connectivity index (χ0v) is 12.4. The molecule has 2 aromatic rings. The summed E-state index contributed by atoms with van der Waals surface area (Å²) < 4.78 is 15.4. The Kier molecular flexibility index (Phi) is 3.63. The topological polar surface area (TPSA) is 55.1 Å². The molecule has 0 radical (unpaired) electrons. The second kappa shape index (κ2) is 5.31. The van der Waals surface area contributed by atoms with Crippen LogP contribution in [-0.4, -0.2) is 20.9 Å². The molecule has 1 heterocycles. The van der Waals surface area contributed by atoms with Crippen LogP contribution in [0.2, 0.25) is 10.2 Å². The summed E-state index contributed by atoms with van der Waals surface area (Å²) in [6.07, 6.45) is 3.63. The summed E-state index contributed by atoms with van der Waals surface area (Å²) in [5.41, 5.74) is 1.57. The van der Waals surface area contributed by atoms with E-state index >= 15 is 0 Å². The van der Waals surface area contributed by atoms with Crippen molar-refractivity contribution in [2.45, 2.75) is 25.7 Å². The summed E-state index contributed by atoms with van der Waals surface area (Å²) in [6.45, 7) is 0. The van der Waals surface area contributed by atoms with Gasteiger partial charge in [-0.1, -0.05) is 23.2 Å². The summed E-state index contributed by atoms with van der Waals surface area (Å²) in [7, 11) is 0. The van der Waals surface area contributed by atoms with Crippen molar-refractivity contribution in [3.8, 4) is 5.69 Å². The maximum atomic E-state index is 14.1. The lowest BCUT2D eigenvalue weighted by atomic mass is 9.99. The van der Waals surface area contributed by atoms with Crippen LogP contribution in [0.3, 0.4) is 0 Å². The number of aromatic carboxylic acids is 1. The molecule has 0 saturated heterocycles. The Labute approximate surface area is 130 Å². The minimum absolute atomic E-state index is 0.00352. The van der Waals surface area contributed by atoms with Crippen molar-refractivity contribution in [1.82, 2.24) is 9.78 Å². The van der Waals surface area contributed by atoms with Crippen LogP contribution in [0.4, 0.5) is 4.39 Å². The molecule has 1 aromatic carbocycles. The van der Waals surface area contributed by atoms with E-state index in [0.29, 0.717) is 5.15 Å². The minimum atomic E-state index is -1.23. The third kappa shape index (κ3) is 2.40. The van der Waals surface area contributed by atoms with E-state index in [9.17, 15) is 9.18 Å². The van der Waals surface area contributed by atoms with Crippen LogP contribution in [0, 0.1) is 5.82 Å². The fraction of sp³-hybridized carbons (Fsp3) is 0.286. The molecule has 0 bridgehead atoms. The Bertz CT molecular complexity index is 743. The summed E-state index contributed by atoms with van der Waals surface area (Å²) >= 11 is 12.0. The lowest BCUT2D eigenvalue weighted by Gasteiger charge is -2.08. The Hall–Kier alpha value is -1.59. The van der Waals surface area contributed by atoms with Crippen LogP contribution < -0.4 is 0 Å². The number of aromatic nitrogens is 2. The van der Waals surface area contributed by atoms with Crippen molar-refractivity contribution in [1.29, 1.82) is 0 Å². The maximum Gasteiger partial charge on any atom is 0.337 e. The summed E-state index contributed by atoms with van der Waals surface area (Å²) in [4.78, 5) is 11.1. The fourth-order valence-electron chi connectivity index (χ4n) is 2.54. The van der Waals surface area contributed by atoms with Crippen LogP contribution in [0.15, 0.2) is 12.1 Å². The van der Waals surface area contributed by atoms with Gasteiger partial charge in [-0.15, -0.1) is 0 Å². The van der Waals surface area contributed by atoms with Crippen LogP contribution in [0.1, 0.15) is 34.5 Å². The normalized spacial score (nSPS) is 14.0. The van der Waals surface area contributed by atoms with E-state index < -0.39 is 11.8 Å². The van der Waals surface area contributed by atoms with Gasteiger partial charge in [-0.3, -0.25) is 0 Å². The first kappa shape index (κ1) is 14.4. The number of nitrogens with zero attached hydrogens (tertiary/aromatic N) is 2. The van der Waals surface area contributed by atoms with E-state index in [2.05, 4.69) is 5.10 Å². The maximum absolute atomic E-state index is 14.1. The molecule has 0 unspecified atom stereocenters. The van der Waals surface area contributed by atoms with Gasteiger partial charge in [0.05, 0.1) is 16.3 Å². The van der Waals surface area contributed by atoms with E-state index in [1.165, 1.54) is 4.68 Å². The highest BCUT2D eigenvalue weighted by Gasteiger charge is 2.23. The molecule has 21 heavy (non-hydrogen) atoms. The van der Waals surface area contributed by atoms with Gasteiger partial charge in [0.25, 0.3) is 0 Å². The van der Waals surface area contributed by atoms with Gasteiger partial charge < -0.3 is 5.11 Å². The lowest BCUT2D eigenvalue weighted by Crippen LogP contribution is -2.05. The van der Waals surface area contributed by atoms with Gasteiger partial charge in [0, 0.05) is 5.56 Å². The predicted octanol–water partition coefficient (Wildman–Crippen LogP) is 3.90. The smallest absolute Gasteiger partial charge is 0.337 e. The second-order valence-corrected chi connectivity index (χ2v) is 5.69. The first-order valence-electron chi connectivity index (χ1n) is 6.48. The average Bonchev–Trinajstić information content (AvgIpc) is 2.76. The van der Waals surface area contributed by atoms with E-state index in [0.717, 1.165) is 49.1 Å². The van der Waals surface area contributed by atoms with Gasteiger partial charge in [0.1, 0.15) is 16.7 Å². The predicted molar refractivity (Wildman–Crippen MR) is 77.1 cm³/mol. The molecular weight excluding hydrogens is 318 g/mol.